The van der Waals surface area contributed by atoms with E-state index in [0.29, 0.717) is 6.54 Å². The Bertz CT molecular complexity index is 481. The molecule has 0 fully saturated rings. The number of nitrogens with zero attached hydrogens (tertiary/aromatic N) is 3. The fraction of sp³-hybridized carbons (Fsp3) is 0.385. The van der Waals surface area contributed by atoms with E-state index in [4.69, 9.17) is 5.11 Å². The quantitative estimate of drug-likeness (QED) is 0.745. The summed E-state index contributed by atoms with van der Waals surface area (Å²) in [7, 11) is 1.82. The molecule has 5 nitrogen and oxygen atoms in total. The SMILES string of the molecule is Cn1nc(CNCCCO)c(-c2ccccc2)n1. The molecule has 0 atom stereocenters. The molecule has 2 N–H and O–H groups in total. The Morgan fingerprint density at radius 3 is 2.72 bits per heavy atom. The van der Waals surface area contributed by atoms with Crippen molar-refractivity contribution in [1.82, 2.24) is 20.3 Å². The first-order chi connectivity index (χ1) is 8.81. The molecule has 1 heterocycles. The molecule has 2 rings (SSSR count). The van der Waals surface area contributed by atoms with Gasteiger partial charge in [0.25, 0.3) is 0 Å². The summed E-state index contributed by atoms with van der Waals surface area (Å²) in [6.07, 6.45) is 0.751. The zero-order chi connectivity index (χ0) is 12.8. The topological polar surface area (TPSA) is 63.0 Å². The lowest BCUT2D eigenvalue weighted by molar-refractivity contribution is 0.286. The molecule has 0 spiro atoms. The predicted octanol–water partition coefficient (Wildman–Crippen LogP) is 0.954. The van der Waals surface area contributed by atoms with Crippen LogP contribution in [0.25, 0.3) is 11.3 Å². The Balaban J connectivity index is 2.11. The normalized spacial score (nSPS) is 10.8. The summed E-state index contributed by atoms with van der Waals surface area (Å²) in [5, 5.41) is 20.7. The van der Waals surface area contributed by atoms with E-state index in [2.05, 4.69) is 15.5 Å². The highest BCUT2D eigenvalue weighted by Crippen LogP contribution is 2.19. The third kappa shape index (κ3) is 3.15. The number of aliphatic hydroxyl groups is 1. The van der Waals surface area contributed by atoms with Gasteiger partial charge in [0.1, 0.15) is 11.4 Å². The van der Waals surface area contributed by atoms with Crippen LogP contribution in [-0.4, -0.2) is 33.3 Å². The van der Waals surface area contributed by atoms with E-state index in [9.17, 15) is 0 Å². The minimum atomic E-state index is 0.207. The summed E-state index contributed by atoms with van der Waals surface area (Å²) >= 11 is 0. The molecule has 0 saturated heterocycles. The summed E-state index contributed by atoms with van der Waals surface area (Å²) in [4.78, 5) is 1.59. The number of benzene rings is 1. The third-order valence-corrected chi connectivity index (χ3v) is 2.63. The van der Waals surface area contributed by atoms with Crippen molar-refractivity contribution < 1.29 is 5.11 Å². The standard InChI is InChI=1S/C13H18N4O/c1-17-15-12(10-14-8-5-9-18)13(16-17)11-6-3-2-4-7-11/h2-4,6-7,14,18H,5,8-10H2,1H3. The van der Waals surface area contributed by atoms with Crippen LogP contribution in [0.3, 0.4) is 0 Å². The molecule has 1 aromatic heterocycles. The van der Waals surface area contributed by atoms with Gasteiger partial charge in [-0.1, -0.05) is 30.3 Å². The van der Waals surface area contributed by atoms with Gasteiger partial charge in [0, 0.05) is 25.8 Å². The minimum absolute atomic E-state index is 0.207. The van der Waals surface area contributed by atoms with Crippen molar-refractivity contribution in [1.29, 1.82) is 0 Å². The monoisotopic (exact) mass is 246 g/mol. The number of hydrogen-bond donors (Lipinski definition) is 2. The summed E-state index contributed by atoms with van der Waals surface area (Å²) in [5.41, 5.74) is 2.92. The number of aryl methyl sites for hydroxylation is 1. The van der Waals surface area contributed by atoms with E-state index < -0.39 is 0 Å². The van der Waals surface area contributed by atoms with Gasteiger partial charge >= 0.3 is 0 Å². The molecule has 0 radical (unpaired) electrons. The largest absolute Gasteiger partial charge is 0.396 e. The van der Waals surface area contributed by atoms with Crippen LogP contribution < -0.4 is 5.32 Å². The van der Waals surface area contributed by atoms with Crippen LogP contribution in [0.15, 0.2) is 30.3 Å². The second-order valence-electron chi connectivity index (χ2n) is 4.10. The molecular weight excluding hydrogens is 228 g/mol. The number of aliphatic hydroxyl groups excluding tert-OH is 1. The number of nitrogens with one attached hydrogen (secondary N) is 1. The van der Waals surface area contributed by atoms with Gasteiger partial charge in [0.15, 0.2) is 0 Å². The molecule has 1 aromatic carbocycles. The molecular formula is C13H18N4O. The van der Waals surface area contributed by atoms with Crippen molar-refractivity contribution in [3.05, 3.63) is 36.0 Å². The molecule has 0 aliphatic rings. The van der Waals surface area contributed by atoms with Crippen LogP contribution in [0, 0.1) is 0 Å². The van der Waals surface area contributed by atoms with Crippen molar-refractivity contribution in [3.8, 4) is 11.3 Å². The smallest absolute Gasteiger partial charge is 0.117 e. The van der Waals surface area contributed by atoms with E-state index in [-0.39, 0.29) is 6.61 Å². The molecule has 0 bridgehead atoms. The van der Waals surface area contributed by atoms with Gasteiger partial charge in [0.2, 0.25) is 0 Å². The maximum absolute atomic E-state index is 8.73. The van der Waals surface area contributed by atoms with Crippen LogP contribution >= 0.6 is 0 Å². The average molecular weight is 246 g/mol. The van der Waals surface area contributed by atoms with Crippen LogP contribution in [-0.2, 0) is 13.6 Å². The van der Waals surface area contributed by atoms with Gasteiger partial charge in [-0.05, 0) is 13.0 Å². The second-order valence-corrected chi connectivity index (χ2v) is 4.10. The van der Waals surface area contributed by atoms with E-state index in [1.807, 2.05) is 37.4 Å². The molecule has 0 aliphatic carbocycles. The molecule has 5 heteroatoms. The highest BCUT2D eigenvalue weighted by molar-refractivity contribution is 5.60. The zero-order valence-corrected chi connectivity index (χ0v) is 10.5. The van der Waals surface area contributed by atoms with Crippen LogP contribution in [0.1, 0.15) is 12.1 Å². The summed E-state index contributed by atoms with van der Waals surface area (Å²) in [6, 6.07) is 10.0. The predicted molar refractivity (Wildman–Crippen MR) is 69.8 cm³/mol. The van der Waals surface area contributed by atoms with E-state index in [0.717, 1.165) is 29.9 Å². The van der Waals surface area contributed by atoms with Crippen molar-refractivity contribution in [2.45, 2.75) is 13.0 Å². The van der Waals surface area contributed by atoms with Gasteiger partial charge in [-0.2, -0.15) is 15.0 Å². The molecule has 0 unspecified atom stereocenters. The number of hydrogen-bond acceptors (Lipinski definition) is 4. The second kappa shape index (κ2) is 6.28. The van der Waals surface area contributed by atoms with E-state index in [1.54, 1.807) is 4.80 Å². The zero-order valence-electron chi connectivity index (χ0n) is 10.5. The van der Waals surface area contributed by atoms with Gasteiger partial charge < -0.3 is 10.4 Å². The highest BCUT2D eigenvalue weighted by atomic mass is 16.3. The molecule has 0 saturated carbocycles. The minimum Gasteiger partial charge on any atom is -0.396 e. The molecule has 2 aromatic rings. The third-order valence-electron chi connectivity index (χ3n) is 2.63. The van der Waals surface area contributed by atoms with Gasteiger partial charge in [0.05, 0.1) is 0 Å². The molecule has 18 heavy (non-hydrogen) atoms. The Morgan fingerprint density at radius 1 is 1.22 bits per heavy atom. The van der Waals surface area contributed by atoms with Crippen molar-refractivity contribution in [3.63, 3.8) is 0 Å². The Morgan fingerprint density at radius 2 is 2.00 bits per heavy atom. The molecule has 0 aliphatic heterocycles. The summed E-state index contributed by atoms with van der Waals surface area (Å²) in [5.74, 6) is 0. The fourth-order valence-electron chi connectivity index (χ4n) is 1.80. The summed E-state index contributed by atoms with van der Waals surface area (Å²) in [6.45, 7) is 1.65. The maximum atomic E-state index is 8.73. The van der Waals surface area contributed by atoms with Crippen LogP contribution in [0.5, 0.6) is 0 Å². The lowest BCUT2D eigenvalue weighted by Crippen LogP contribution is -2.16. The van der Waals surface area contributed by atoms with E-state index in [1.165, 1.54) is 0 Å². The molecule has 96 valence electrons. The number of rotatable bonds is 6. The van der Waals surface area contributed by atoms with Crippen molar-refractivity contribution in [2.24, 2.45) is 7.05 Å². The van der Waals surface area contributed by atoms with Crippen LogP contribution in [0.4, 0.5) is 0 Å². The summed E-state index contributed by atoms with van der Waals surface area (Å²) < 4.78 is 0. The van der Waals surface area contributed by atoms with Gasteiger partial charge in [-0.3, -0.25) is 0 Å². The fourth-order valence-corrected chi connectivity index (χ4v) is 1.80. The Hall–Kier alpha value is -1.72. The number of aromatic nitrogens is 3. The molecule has 0 amide bonds. The Labute approximate surface area is 106 Å². The maximum Gasteiger partial charge on any atom is 0.117 e. The average Bonchev–Trinajstić information content (AvgIpc) is 2.77. The van der Waals surface area contributed by atoms with Crippen molar-refractivity contribution >= 4 is 0 Å². The highest BCUT2D eigenvalue weighted by Gasteiger charge is 2.10. The first kappa shape index (κ1) is 12.7. The lowest BCUT2D eigenvalue weighted by atomic mass is 10.1. The van der Waals surface area contributed by atoms with Gasteiger partial charge in [-0.25, -0.2) is 0 Å². The first-order valence-corrected chi connectivity index (χ1v) is 6.08. The van der Waals surface area contributed by atoms with Crippen LogP contribution in [0.2, 0.25) is 0 Å². The van der Waals surface area contributed by atoms with Crippen molar-refractivity contribution in [2.75, 3.05) is 13.2 Å². The lowest BCUT2D eigenvalue weighted by Gasteiger charge is -2.02. The first-order valence-electron chi connectivity index (χ1n) is 6.08. The van der Waals surface area contributed by atoms with E-state index >= 15 is 0 Å². The Kier molecular flexibility index (Phi) is 4.44. The van der Waals surface area contributed by atoms with Gasteiger partial charge in [-0.15, -0.1) is 0 Å².